The lowest BCUT2D eigenvalue weighted by Crippen LogP contribution is -2.21. The first-order valence-electron chi connectivity index (χ1n) is 8.98. The lowest BCUT2D eigenvalue weighted by Gasteiger charge is -2.17. The normalized spacial score (nSPS) is 15.8. The van der Waals surface area contributed by atoms with Gasteiger partial charge in [-0.1, -0.05) is 60.7 Å². The maximum absolute atomic E-state index is 13.1. The number of sulfonamides is 1. The van der Waals surface area contributed by atoms with Crippen molar-refractivity contribution >= 4 is 21.7 Å². The lowest BCUT2D eigenvalue weighted by molar-refractivity contribution is 0.0698. The second-order valence-electron chi connectivity index (χ2n) is 6.80. The molecule has 0 saturated heterocycles. The van der Waals surface area contributed by atoms with E-state index in [4.69, 9.17) is 0 Å². The molecule has 0 heterocycles. The highest BCUT2D eigenvalue weighted by Gasteiger charge is 2.34. The van der Waals surface area contributed by atoms with Crippen molar-refractivity contribution in [1.29, 1.82) is 0 Å². The van der Waals surface area contributed by atoms with Crippen molar-refractivity contribution in [3.63, 3.8) is 0 Å². The molecule has 1 unspecified atom stereocenters. The average Bonchev–Trinajstić information content (AvgIpc) is 3.13. The first kappa shape index (κ1) is 18.3. The molecule has 142 valence electrons. The second kappa shape index (κ2) is 7.13. The Labute approximate surface area is 163 Å². The summed E-state index contributed by atoms with van der Waals surface area (Å²) in [5.41, 5.74) is 3.44. The van der Waals surface area contributed by atoms with Crippen LogP contribution >= 0.6 is 0 Å². The van der Waals surface area contributed by atoms with Crippen molar-refractivity contribution in [2.45, 2.75) is 18.1 Å². The molecule has 1 aliphatic carbocycles. The van der Waals surface area contributed by atoms with E-state index in [2.05, 4.69) is 4.72 Å². The van der Waals surface area contributed by atoms with E-state index < -0.39 is 21.2 Å². The summed E-state index contributed by atoms with van der Waals surface area (Å²) in [6.07, 6.45) is 1.17. The van der Waals surface area contributed by atoms with Gasteiger partial charge in [0.15, 0.2) is 0 Å². The molecule has 0 aliphatic heterocycles. The Balaban J connectivity index is 1.73. The minimum atomic E-state index is -3.79. The van der Waals surface area contributed by atoms with Crippen LogP contribution in [0.3, 0.4) is 0 Å². The SMILES string of the molecule is O=C(O)c1ccc(-c2ccccc2)cc1NS(=O)(=O)C1CCc2ccccc21. The molecule has 4 rings (SSSR count). The van der Waals surface area contributed by atoms with Gasteiger partial charge in [0.2, 0.25) is 10.0 Å². The molecular formula is C22H19NO4S. The molecule has 3 aromatic rings. The van der Waals surface area contributed by atoms with E-state index in [9.17, 15) is 18.3 Å². The number of rotatable bonds is 5. The van der Waals surface area contributed by atoms with Gasteiger partial charge in [0.1, 0.15) is 5.25 Å². The predicted octanol–water partition coefficient (Wildman–Crippen LogP) is 4.48. The van der Waals surface area contributed by atoms with E-state index >= 15 is 0 Å². The minimum absolute atomic E-state index is 0.0745. The van der Waals surface area contributed by atoms with Gasteiger partial charge < -0.3 is 5.11 Å². The summed E-state index contributed by atoms with van der Waals surface area (Å²) in [5.74, 6) is -1.18. The second-order valence-corrected chi connectivity index (χ2v) is 8.67. The van der Waals surface area contributed by atoms with Crippen LogP contribution in [0.1, 0.15) is 33.2 Å². The van der Waals surface area contributed by atoms with Gasteiger partial charge in [0, 0.05) is 0 Å². The van der Waals surface area contributed by atoms with E-state index in [1.54, 1.807) is 12.1 Å². The van der Waals surface area contributed by atoms with Crippen molar-refractivity contribution in [1.82, 2.24) is 0 Å². The van der Waals surface area contributed by atoms with Crippen LogP contribution in [0.4, 0.5) is 5.69 Å². The topological polar surface area (TPSA) is 83.5 Å². The molecule has 0 bridgehead atoms. The number of hydrogen-bond donors (Lipinski definition) is 2. The van der Waals surface area contributed by atoms with Crippen LogP contribution in [0.25, 0.3) is 11.1 Å². The number of aryl methyl sites for hydroxylation is 1. The third-order valence-corrected chi connectivity index (χ3v) is 6.80. The fourth-order valence-electron chi connectivity index (χ4n) is 3.69. The van der Waals surface area contributed by atoms with E-state index in [0.717, 1.165) is 22.3 Å². The zero-order valence-corrected chi connectivity index (χ0v) is 15.8. The predicted molar refractivity (Wildman–Crippen MR) is 109 cm³/mol. The zero-order chi connectivity index (χ0) is 19.7. The smallest absolute Gasteiger partial charge is 0.337 e. The number of carbonyl (C=O) groups is 1. The summed E-state index contributed by atoms with van der Waals surface area (Å²) >= 11 is 0. The Bertz CT molecular complexity index is 1140. The van der Waals surface area contributed by atoms with E-state index in [0.29, 0.717) is 12.8 Å². The summed E-state index contributed by atoms with van der Waals surface area (Å²) in [4.78, 5) is 11.6. The Morgan fingerprint density at radius 2 is 1.64 bits per heavy atom. The molecule has 1 atom stereocenters. The average molecular weight is 393 g/mol. The molecule has 28 heavy (non-hydrogen) atoms. The quantitative estimate of drug-likeness (QED) is 0.669. The van der Waals surface area contributed by atoms with Crippen molar-refractivity contribution in [2.75, 3.05) is 4.72 Å². The highest BCUT2D eigenvalue weighted by Crippen LogP contribution is 2.38. The van der Waals surface area contributed by atoms with Gasteiger partial charge >= 0.3 is 5.97 Å². The maximum atomic E-state index is 13.1. The molecule has 0 amide bonds. The van der Waals surface area contributed by atoms with Crippen LogP contribution in [0.2, 0.25) is 0 Å². The van der Waals surface area contributed by atoms with Gasteiger partial charge in [0.05, 0.1) is 11.3 Å². The third-order valence-electron chi connectivity index (χ3n) is 5.06. The van der Waals surface area contributed by atoms with Crippen LogP contribution in [-0.2, 0) is 16.4 Å². The van der Waals surface area contributed by atoms with Crippen LogP contribution < -0.4 is 4.72 Å². The molecular weight excluding hydrogens is 374 g/mol. The highest BCUT2D eigenvalue weighted by atomic mass is 32.2. The van der Waals surface area contributed by atoms with E-state index in [-0.39, 0.29) is 11.3 Å². The molecule has 6 heteroatoms. The van der Waals surface area contributed by atoms with Crippen LogP contribution in [0.5, 0.6) is 0 Å². The van der Waals surface area contributed by atoms with Crippen molar-refractivity contribution in [3.8, 4) is 11.1 Å². The molecule has 0 fully saturated rings. The highest BCUT2D eigenvalue weighted by molar-refractivity contribution is 7.93. The van der Waals surface area contributed by atoms with Gasteiger partial charge in [-0.05, 0) is 47.2 Å². The van der Waals surface area contributed by atoms with Crippen LogP contribution in [0.15, 0.2) is 72.8 Å². The van der Waals surface area contributed by atoms with Gasteiger partial charge in [0.25, 0.3) is 0 Å². The number of carboxylic acid groups (broad SMARTS) is 1. The van der Waals surface area contributed by atoms with Gasteiger partial charge in [-0.15, -0.1) is 0 Å². The molecule has 0 aromatic heterocycles. The number of fused-ring (bicyclic) bond motifs is 1. The van der Waals surface area contributed by atoms with Gasteiger partial charge in [-0.3, -0.25) is 4.72 Å². The number of anilines is 1. The summed E-state index contributed by atoms with van der Waals surface area (Å²) in [7, 11) is -3.79. The minimum Gasteiger partial charge on any atom is -0.478 e. The van der Waals surface area contributed by atoms with Crippen molar-refractivity contribution < 1.29 is 18.3 Å². The summed E-state index contributed by atoms with van der Waals surface area (Å²) in [6.45, 7) is 0. The number of carboxylic acids is 1. The molecule has 1 aliphatic rings. The maximum Gasteiger partial charge on any atom is 0.337 e. The third kappa shape index (κ3) is 3.39. The lowest BCUT2D eigenvalue weighted by atomic mass is 10.0. The standard InChI is InChI=1S/C22H19NO4S/c24-22(25)19-12-10-17(15-6-2-1-3-7-15)14-20(19)23-28(26,27)21-13-11-16-8-4-5-9-18(16)21/h1-10,12,14,21,23H,11,13H2,(H,24,25). The number of aromatic carboxylic acids is 1. The Morgan fingerprint density at radius 3 is 2.39 bits per heavy atom. The number of nitrogens with one attached hydrogen (secondary N) is 1. The van der Waals surface area contributed by atoms with Crippen molar-refractivity contribution in [3.05, 3.63) is 89.5 Å². The largest absolute Gasteiger partial charge is 0.478 e. The van der Waals surface area contributed by atoms with Crippen LogP contribution in [-0.4, -0.2) is 19.5 Å². The number of benzene rings is 3. The summed E-state index contributed by atoms with van der Waals surface area (Å²) in [6, 6.07) is 21.6. The number of hydrogen-bond acceptors (Lipinski definition) is 3. The van der Waals surface area contributed by atoms with E-state index in [1.165, 1.54) is 6.07 Å². The molecule has 5 nitrogen and oxygen atoms in total. The fraction of sp³-hybridized carbons (Fsp3) is 0.136. The molecule has 0 saturated carbocycles. The summed E-state index contributed by atoms with van der Waals surface area (Å²) in [5, 5.41) is 8.82. The summed E-state index contributed by atoms with van der Waals surface area (Å²) < 4.78 is 28.7. The van der Waals surface area contributed by atoms with E-state index in [1.807, 2.05) is 54.6 Å². The van der Waals surface area contributed by atoms with Gasteiger partial charge in [-0.25, -0.2) is 13.2 Å². The monoisotopic (exact) mass is 393 g/mol. The van der Waals surface area contributed by atoms with Crippen molar-refractivity contribution in [2.24, 2.45) is 0 Å². The molecule has 0 spiro atoms. The Morgan fingerprint density at radius 1 is 0.929 bits per heavy atom. The fourth-order valence-corrected chi connectivity index (χ4v) is 5.30. The van der Waals surface area contributed by atoms with Crippen LogP contribution in [0, 0.1) is 0 Å². The molecule has 3 aromatic carbocycles. The van der Waals surface area contributed by atoms with Gasteiger partial charge in [-0.2, -0.15) is 0 Å². The molecule has 2 N–H and O–H groups in total. The molecule has 0 radical (unpaired) electrons. The Hall–Kier alpha value is -3.12. The first-order chi connectivity index (χ1) is 13.5. The Kier molecular flexibility index (Phi) is 4.65. The first-order valence-corrected chi connectivity index (χ1v) is 10.5. The zero-order valence-electron chi connectivity index (χ0n) is 15.0.